The molecule has 0 heteroatoms. The Morgan fingerprint density at radius 3 is 0.473 bits per heavy atom. The molecule has 0 radical (unpaired) electrons. The molecular weight excluding hydrogens is 1090 g/mol. The number of rotatable bonds is 9. The zero-order valence-electron chi connectivity index (χ0n) is 77.9. The molecule has 0 spiro atoms. The van der Waals surface area contributed by atoms with E-state index in [0.717, 1.165) is 47.3 Å². The van der Waals surface area contributed by atoms with Gasteiger partial charge in [0.15, 0.2) is 0 Å². The van der Waals surface area contributed by atoms with Crippen LogP contribution >= 0.6 is 0 Å². The van der Waals surface area contributed by atoms with Crippen LogP contribution in [-0.2, 0) is 0 Å². The molecule has 0 unspecified atom stereocenters. The molecule has 0 amide bonds. The zero-order valence-corrected chi connectivity index (χ0v) is 77.9. The van der Waals surface area contributed by atoms with Crippen molar-refractivity contribution in [2.24, 2.45) is 139 Å². The van der Waals surface area contributed by atoms with E-state index < -0.39 is 0 Å². The van der Waals surface area contributed by atoms with E-state index in [-0.39, 0.29) is 0 Å². The fraction of sp³-hybridized carbons (Fsp3) is 1.00. The quantitative estimate of drug-likeness (QED) is 0.216. The molecule has 0 N–H and O–H groups in total. The molecule has 0 heterocycles. The van der Waals surface area contributed by atoms with Crippen LogP contribution in [0.15, 0.2) is 0 Å². The summed E-state index contributed by atoms with van der Waals surface area (Å²) < 4.78 is 0. The Morgan fingerprint density at radius 2 is 0.473 bits per heavy atom. The van der Waals surface area contributed by atoms with Crippen molar-refractivity contribution in [3.05, 3.63) is 0 Å². The lowest BCUT2D eigenvalue weighted by atomic mass is 9.56. The molecule has 0 rings (SSSR count). The number of hydrogen-bond acceptors (Lipinski definition) is 0. The van der Waals surface area contributed by atoms with Gasteiger partial charge in [-0.3, -0.25) is 0 Å². The van der Waals surface area contributed by atoms with E-state index in [1.54, 1.807) is 0 Å². The smallest absolute Gasteiger partial charge is 0.0257 e. The maximum absolute atomic E-state index is 2.35. The lowest BCUT2D eigenvalue weighted by Gasteiger charge is -2.49. The van der Waals surface area contributed by atoms with Gasteiger partial charge in [0.1, 0.15) is 0 Å². The first-order chi connectivity index (χ1) is 38.4. The van der Waals surface area contributed by atoms with Gasteiger partial charge in [0.25, 0.3) is 0 Å². The third kappa shape index (κ3) is 50.9. The first-order valence-electron chi connectivity index (χ1n) is 38.4. The second kappa shape index (κ2) is 42.2. The first kappa shape index (κ1) is 112. The van der Waals surface area contributed by atoms with Crippen molar-refractivity contribution in [2.75, 3.05) is 0 Å². The maximum Gasteiger partial charge on any atom is -0.0257 e. The Kier molecular flexibility index (Phi) is 52.1. The van der Waals surface area contributed by atoms with Crippen LogP contribution in [0.1, 0.15) is 455 Å². The van der Waals surface area contributed by atoms with Crippen LogP contribution < -0.4 is 0 Å². The van der Waals surface area contributed by atoms with E-state index in [4.69, 9.17) is 0 Å². The van der Waals surface area contributed by atoms with Gasteiger partial charge in [-0.25, -0.2) is 0 Å². The standard InChI is InChI=1S/C11H24.2C10H22.4C9H20.3C8H18/c1-9(2,3)11(7,8)10(4,5)6;1-8(9(2,3)4)10(5,6)7;1-8(2)10(6,7)9(3,4)5;2*1-7-9(5,6)8(2,3)4;1-7(2)8(3)9(4,5)6;1-7(2)9(5,6)8(3)4;1-7(2,3)8(4,5)6;1-6-7(2)8(3,4)5;1-6-8(4,5)7(2)3/h1-8H3;2*8H,1-7H3;2*7H2,1-6H3;2*7-8H,1-6H3;1-6H3;2*7H,6H2,1-5H3/t;;;;;8-;;;7-;/m.....1..1./s1. The number of hydrogen-bond donors (Lipinski definition) is 0. The van der Waals surface area contributed by atoms with E-state index >= 15 is 0 Å². The minimum absolute atomic E-state index is 0.375. The van der Waals surface area contributed by atoms with Crippen LogP contribution in [0.3, 0.4) is 0 Å². The van der Waals surface area contributed by atoms with E-state index in [1.807, 2.05) is 0 Å². The highest BCUT2D eigenvalue weighted by molar-refractivity contribution is 4.92. The second-order valence-electron chi connectivity index (χ2n) is 45.9. The summed E-state index contributed by atoms with van der Waals surface area (Å²) in [5.41, 5.74) is 7.63. The summed E-state index contributed by atoms with van der Waals surface area (Å²) in [5, 5.41) is 0. The van der Waals surface area contributed by atoms with E-state index in [2.05, 4.69) is 429 Å². The van der Waals surface area contributed by atoms with Gasteiger partial charge in [0, 0.05) is 0 Å². The Bertz CT molecular complexity index is 1600. The lowest BCUT2D eigenvalue weighted by molar-refractivity contribution is 0.00575. The largest absolute Gasteiger partial charge is 0.0651 e. The van der Waals surface area contributed by atoms with Gasteiger partial charge < -0.3 is 0 Å². The van der Waals surface area contributed by atoms with Crippen LogP contribution in [0.5, 0.6) is 0 Å². The van der Waals surface area contributed by atoms with Crippen LogP contribution in [0, 0.1) is 139 Å². The predicted molar refractivity (Wildman–Crippen MR) is 440 cm³/mol. The molecule has 0 fully saturated rings. The molecular formula is C91H202. The molecule has 0 bridgehead atoms. The highest BCUT2D eigenvalue weighted by atomic mass is 14.5. The van der Waals surface area contributed by atoms with Gasteiger partial charge in [-0.05, 0) is 139 Å². The predicted octanol–water partition coefficient (Wildman–Crippen LogP) is 34.4. The Balaban J connectivity index is -0.000000100. The van der Waals surface area contributed by atoms with E-state index in [9.17, 15) is 0 Å². The van der Waals surface area contributed by atoms with Crippen molar-refractivity contribution in [3.8, 4) is 0 Å². The van der Waals surface area contributed by atoms with Crippen molar-refractivity contribution >= 4 is 0 Å². The second-order valence-corrected chi connectivity index (χ2v) is 45.9. The molecule has 91 heavy (non-hydrogen) atoms. The minimum Gasteiger partial charge on any atom is -0.0651 e. The summed E-state index contributed by atoms with van der Waals surface area (Å²) in [7, 11) is 0. The average Bonchev–Trinajstić information content (AvgIpc) is 3.28. The maximum atomic E-state index is 2.35. The average molecular weight is 1300 g/mol. The Hall–Kier alpha value is 0. The fourth-order valence-corrected chi connectivity index (χ4v) is 7.04. The fourth-order valence-electron chi connectivity index (χ4n) is 7.04. The van der Waals surface area contributed by atoms with Gasteiger partial charge in [-0.15, -0.1) is 0 Å². The molecule has 0 nitrogen and oxygen atoms in total. The molecule has 566 valence electrons. The molecule has 2 atom stereocenters. The summed E-state index contributed by atoms with van der Waals surface area (Å²) >= 11 is 0. The Morgan fingerprint density at radius 1 is 0.231 bits per heavy atom. The molecule has 0 aromatic carbocycles. The van der Waals surface area contributed by atoms with Crippen molar-refractivity contribution < 1.29 is 0 Å². The first-order valence-corrected chi connectivity index (χ1v) is 38.4. The highest BCUT2D eigenvalue weighted by Crippen LogP contribution is 2.51. The molecule has 0 aliphatic rings. The van der Waals surface area contributed by atoms with Crippen LogP contribution in [-0.4, -0.2) is 0 Å². The van der Waals surface area contributed by atoms with Crippen molar-refractivity contribution in [1.82, 2.24) is 0 Å². The highest BCUT2D eigenvalue weighted by Gasteiger charge is 2.42. The van der Waals surface area contributed by atoms with Crippen LogP contribution in [0.25, 0.3) is 0 Å². The van der Waals surface area contributed by atoms with Crippen LogP contribution in [0.2, 0.25) is 0 Å². The topological polar surface area (TPSA) is 0 Å². The minimum atomic E-state index is 0.375. The summed E-state index contributed by atoms with van der Waals surface area (Å²) in [6, 6.07) is 0. The molecule has 0 saturated heterocycles. The lowest BCUT2D eigenvalue weighted by Crippen LogP contribution is -2.41. The van der Waals surface area contributed by atoms with E-state index in [0.29, 0.717) is 92.1 Å². The summed E-state index contributed by atoms with van der Waals surface area (Å²) in [4.78, 5) is 0. The zero-order chi connectivity index (χ0) is 77.9. The van der Waals surface area contributed by atoms with Gasteiger partial charge in [0.2, 0.25) is 0 Å². The van der Waals surface area contributed by atoms with Crippen molar-refractivity contribution in [2.45, 2.75) is 455 Å². The summed E-state index contributed by atoms with van der Waals surface area (Å²) in [6.45, 7) is 143. The SMILES string of the molecule is CC(C(C)(C)C)C(C)(C)C.CC(C)(C)C(C)(C)C.CC(C)(C)C(C)(C)C(C)(C)C.CC(C)C(C)(C)C(C)(C)C.CC(C)C(C)(C)C(C)C.CC(C)[C@@H](C)C(C)(C)C.CCC(C)(C)C(C)(C)C.CCC(C)(C)C(C)(C)C.CCC(C)(C)C(C)C.CC[C@@H](C)C(C)(C)C. The van der Waals surface area contributed by atoms with Gasteiger partial charge >= 0.3 is 0 Å². The van der Waals surface area contributed by atoms with Gasteiger partial charge in [-0.1, -0.05) is 455 Å². The molecule has 0 saturated carbocycles. The Labute approximate surface area is 591 Å². The molecule has 0 aromatic heterocycles. The monoisotopic (exact) mass is 1300 g/mol. The third-order valence-corrected chi connectivity index (χ3v) is 27.7. The van der Waals surface area contributed by atoms with Crippen LogP contribution in [0.4, 0.5) is 0 Å². The van der Waals surface area contributed by atoms with Crippen molar-refractivity contribution in [1.29, 1.82) is 0 Å². The molecule has 0 aliphatic carbocycles. The van der Waals surface area contributed by atoms with Gasteiger partial charge in [-0.2, -0.15) is 0 Å². The summed E-state index contributed by atoms with van der Waals surface area (Å²) in [6.07, 6.45) is 5.10. The normalized spacial score (nSPS) is 14.5. The third-order valence-electron chi connectivity index (χ3n) is 27.7. The summed E-state index contributed by atoms with van der Waals surface area (Å²) in [5.74, 6) is 6.39. The molecule has 0 aliphatic heterocycles. The van der Waals surface area contributed by atoms with Crippen molar-refractivity contribution in [3.63, 3.8) is 0 Å². The van der Waals surface area contributed by atoms with Gasteiger partial charge in [0.05, 0.1) is 0 Å². The van der Waals surface area contributed by atoms with E-state index in [1.165, 1.54) is 25.7 Å². The molecule has 0 aromatic rings.